The molecule has 3 heterocycles. The second-order valence-electron chi connectivity index (χ2n) is 8.08. The first kappa shape index (κ1) is 22.6. The van der Waals surface area contributed by atoms with Gasteiger partial charge in [0.1, 0.15) is 0 Å². The highest BCUT2D eigenvalue weighted by atomic mass is 32.2. The molecule has 0 aliphatic carbocycles. The summed E-state index contributed by atoms with van der Waals surface area (Å²) in [7, 11) is -3.67. The van der Waals surface area contributed by atoms with Crippen molar-refractivity contribution in [1.82, 2.24) is 14.4 Å². The molecular weight excluding hydrogens is 448 g/mol. The van der Waals surface area contributed by atoms with Crippen LogP contribution in [-0.2, 0) is 14.8 Å². The zero-order chi connectivity index (χ0) is 23.0. The minimum absolute atomic E-state index is 0.0581. The summed E-state index contributed by atoms with van der Waals surface area (Å²) in [5.41, 5.74) is 2.97. The number of amides is 1. The molecule has 0 radical (unpaired) electrons. The molecule has 170 valence electrons. The van der Waals surface area contributed by atoms with E-state index in [1.165, 1.54) is 15.6 Å². The molecule has 0 unspecified atom stereocenters. The third-order valence-corrected chi connectivity index (χ3v) is 9.13. The molecule has 8 nitrogen and oxygen atoms in total. The minimum atomic E-state index is -3.67. The first-order valence-electron chi connectivity index (χ1n) is 10.4. The zero-order valence-electron chi connectivity index (χ0n) is 18.5. The lowest BCUT2D eigenvalue weighted by atomic mass is 9.97. The lowest BCUT2D eigenvalue weighted by Crippen LogP contribution is -2.41. The lowest BCUT2D eigenvalue weighted by molar-refractivity contribution is -0.120. The largest absolute Gasteiger partial charge is 0.339 e. The van der Waals surface area contributed by atoms with Crippen LogP contribution >= 0.6 is 11.3 Å². The van der Waals surface area contributed by atoms with Crippen molar-refractivity contribution in [2.45, 2.75) is 45.4 Å². The maximum absolute atomic E-state index is 13.3. The van der Waals surface area contributed by atoms with Crippen molar-refractivity contribution in [3.63, 3.8) is 0 Å². The highest BCUT2D eigenvalue weighted by Crippen LogP contribution is 2.35. The van der Waals surface area contributed by atoms with E-state index < -0.39 is 10.0 Å². The first-order chi connectivity index (χ1) is 15.2. The van der Waals surface area contributed by atoms with Crippen LogP contribution in [0.4, 0.5) is 5.69 Å². The third kappa shape index (κ3) is 4.35. The molecule has 10 heteroatoms. The lowest BCUT2D eigenvalue weighted by Gasteiger charge is -2.30. The molecular formula is C22H26N4O4S2. The van der Waals surface area contributed by atoms with Crippen molar-refractivity contribution in [3.8, 4) is 10.7 Å². The van der Waals surface area contributed by atoms with Crippen LogP contribution < -0.4 is 5.32 Å². The number of carbonyl (C=O) groups excluding carboxylic acids is 1. The summed E-state index contributed by atoms with van der Waals surface area (Å²) < 4.78 is 33.0. The van der Waals surface area contributed by atoms with Crippen LogP contribution in [0.25, 0.3) is 10.7 Å². The number of nitrogens with one attached hydrogen (secondary N) is 1. The van der Waals surface area contributed by atoms with E-state index in [2.05, 4.69) is 15.5 Å². The second kappa shape index (κ2) is 8.76. The normalized spacial score (nSPS) is 15.8. The van der Waals surface area contributed by atoms with Gasteiger partial charge in [-0.05, 0) is 56.9 Å². The van der Waals surface area contributed by atoms with Crippen molar-refractivity contribution >= 4 is 33.0 Å². The summed E-state index contributed by atoms with van der Waals surface area (Å²) in [6.07, 6.45) is 0.964. The molecule has 4 rings (SSSR count). The summed E-state index contributed by atoms with van der Waals surface area (Å²) in [5.74, 6) is 0.538. The smallest absolute Gasteiger partial charge is 0.244 e. The second-order valence-corrected chi connectivity index (χ2v) is 11.2. The zero-order valence-corrected chi connectivity index (χ0v) is 20.1. The summed E-state index contributed by atoms with van der Waals surface area (Å²) in [6.45, 7) is 8.06. The number of carbonyl (C=O) groups is 1. The number of benzene rings is 1. The molecule has 2 aromatic heterocycles. The van der Waals surface area contributed by atoms with Crippen molar-refractivity contribution in [2.24, 2.45) is 5.92 Å². The number of hydrogen-bond donors (Lipinski definition) is 1. The van der Waals surface area contributed by atoms with Gasteiger partial charge in [0.25, 0.3) is 0 Å². The third-order valence-electron chi connectivity index (χ3n) is 5.93. The van der Waals surface area contributed by atoms with Gasteiger partial charge in [-0.1, -0.05) is 17.3 Å². The van der Waals surface area contributed by atoms with E-state index in [0.29, 0.717) is 47.4 Å². The molecule has 0 spiro atoms. The molecule has 3 aromatic rings. The molecule has 0 atom stereocenters. The fourth-order valence-electron chi connectivity index (χ4n) is 3.85. The van der Waals surface area contributed by atoms with Gasteiger partial charge in [-0.15, -0.1) is 11.3 Å². The average molecular weight is 475 g/mol. The number of thiophene rings is 1. The first-order valence-corrected chi connectivity index (χ1v) is 12.7. The maximum Gasteiger partial charge on any atom is 0.244 e. The molecule has 1 aromatic carbocycles. The Labute approximate surface area is 191 Å². The van der Waals surface area contributed by atoms with Gasteiger partial charge in [-0.2, -0.15) is 9.29 Å². The van der Waals surface area contributed by atoms with Gasteiger partial charge in [0.05, 0.1) is 9.77 Å². The SMILES string of the molecule is Cc1nc(-c2cc(S(=O)(=O)N3CCC(C(=O)Nc4cccc(C)c4C)CC3)c(C)s2)no1. The highest BCUT2D eigenvalue weighted by Gasteiger charge is 2.34. The van der Waals surface area contributed by atoms with Crippen LogP contribution in [0.1, 0.15) is 34.7 Å². The van der Waals surface area contributed by atoms with Crippen LogP contribution in [-0.4, -0.2) is 41.9 Å². The van der Waals surface area contributed by atoms with E-state index in [9.17, 15) is 13.2 Å². The minimum Gasteiger partial charge on any atom is -0.339 e. The Morgan fingerprint density at radius 1 is 1.19 bits per heavy atom. The molecule has 0 bridgehead atoms. The number of piperidine rings is 1. The molecule has 1 aliphatic rings. The number of nitrogens with zero attached hydrogens (tertiary/aromatic N) is 3. The van der Waals surface area contributed by atoms with Crippen LogP contribution in [0.2, 0.25) is 0 Å². The van der Waals surface area contributed by atoms with Gasteiger partial charge in [0.15, 0.2) is 0 Å². The van der Waals surface area contributed by atoms with Crippen LogP contribution in [0.3, 0.4) is 0 Å². The predicted octanol–water partition coefficient (Wildman–Crippen LogP) is 4.07. The number of aromatic nitrogens is 2. The van der Waals surface area contributed by atoms with Gasteiger partial charge in [-0.3, -0.25) is 4.79 Å². The molecule has 1 N–H and O–H groups in total. The van der Waals surface area contributed by atoms with E-state index in [4.69, 9.17) is 4.52 Å². The molecule has 0 saturated carbocycles. The van der Waals surface area contributed by atoms with Crippen molar-refractivity contribution in [3.05, 3.63) is 46.2 Å². The fraction of sp³-hybridized carbons (Fsp3) is 0.409. The van der Waals surface area contributed by atoms with E-state index in [0.717, 1.165) is 16.8 Å². The Hall–Kier alpha value is -2.56. The Balaban J connectivity index is 1.44. The Morgan fingerprint density at radius 3 is 2.56 bits per heavy atom. The van der Waals surface area contributed by atoms with Crippen LogP contribution in [0.15, 0.2) is 33.7 Å². The topological polar surface area (TPSA) is 105 Å². The van der Waals surface area contributed by atoms with E-state index in [1.54, 1.807) is 19.9 Å². The van der Waals surface area contributed by atoms with E-state index in [-0.39, 0.29) is 16.7 Å². The molecule has 1 saturated heterocycles. The highest BCUT2D eigenvalue weighted by molar-refractivity contribution is 7.89. The van der Waals surface area contributed by atoms with Crippen LogP contribution in [0.5, 0.6) is 0 Å². The van der Waals surface area contributed by atoms with Crippen molar-refractivity contribution in [1.29, 1.82) is 0 Å². The number of aryl methyl sites for hydroxylation is 3. The number of hydrogen-bond acceptors (Lipinski definition) is 7. The fourth-order valence-corrected chi connectivity index (χ4v) is 6.81. The summed E-state index contributed by atoms with van der Waals surface area (Å²) in [6, 6.07) is 7.42. The van der Waals surface area contributed by atoms with Gasteiger partial charge < -0.3 is 9.84 Å². The molecule has 1 amide bonds. The summed E-state index contributed by atoms with van der Waals surface area (Å²) in [5, 5.41) is 6.89. The Kier molecular flexibility index (Phi) is 6.19. The monoisotopic (exact) mass is 474 g/mol. The predicted molar refractivity (Wildman–Crippen MR) is 123 cm³/mol. The van der Waals surface area contributed by atoms with Gasteiger partial charge in [0, 0.05) is 36.5 Å². The average Bonchev–Trinajstić information content (AvgIpc) is 3.37. The Morgan fingerprint density at radius 2 is 1.91 bits per heavy atom. The molecule has 1 fully saturated rings. The van der Waals surface area contributed by atoms with Gasteiger partial charge in [0.2, 0.25) is 27.6 Å². The molecule has 32 heavy (non-hydrogen) atoms. The standard InChI is InChI=1S/C22H26N4O4S2/c1-13-6-5-7-18(14(13)2)24-22(27)17-8-10-26(11-9-17)32(28,29)20-12-19(31-15(20)3)21-23-16(4)30-25-21/h5-7,12,17H,8-11H2,1-4H3,(H,24,27). The quantitative estimate of drug-likeness (QED) is 0.598. The van der Waals surface area contributed by atoms with Gasteiger partial charge in [-0.25, -0.2) is 8.42 Å². The summed E-state index contributed by atoms with van der Waals surface area (Å²) >= 11 is 1.33. The van der Waals surface area contributed by atoms with E-state index in [1.807, 2.05) is 32.0 Å². The number of sulfonamides is 1. The van der Waals surface area contributed by atoms with Crippen molar-refractivity contribution < 1.29 is 17.7 Å². The molecule has 1 aliphatic heterocycles. The Bertz CT molecular complexity index is 1250. The van der Waals surface area contributed by atoms with Crippen LogP contribution in [0, 0.1) is 33.6 Å². The van der Waals surface area contributed by atoms with Crippen molar-refractivity contribution in [2.75, 3.05) is 18.4 Å². The number of rotatable bonds is 5. The summed E-state index contributed by atoms with van der Waals surface area (Å²) in [4.78, 5) is 18.6. The maximum atomic E-state index is 13.3. The number of anilines is 1. The van der Waals surface area contributed by atoms with Gasteiger partial charge >= 0.3 is 0 Å². The van der Waals surface area contributed by atoms with E-state index >= 15 is 0 Å².